The number of methoxy groups -OCH3 is 1. The average molecular weight is 431 g/mol. The first-order chi connectivity index (χ1) is 13.1. The number of halogens is 1. The Morgan fingerprint density at radius 1 is 1.26 bits per heavy atom. The second kappa shape index (κ2) is 8.15. The third kappa shape index (κ3) is 4.43. The number of anilines is 1. The van der Waals surface area contributed by atoms with Gasteiger partial charge in [0.1, 0.15) is 17.4 Å². The van der Waals surface area contributed by atoms with Crippen molar-refractivity contribution < 1.29 is 4.74 Å². The minimum absolute atomic E-state index is 0.488. The minimum atomic E-state index is 0.488. The molecule has 1 aromatic carbocycles. The van der Waals surface area contributed by atoms with Gasteiger partial charge in [-0.05, 0) is 71.9 Å². The molecule has 27 heavy (non-hydrogen) atoms. The van der Waals surface area contributed by atoms with Crippen LogP contribution >= 0.6 is 15.9 Å². The first-order valence-corrected chi connectivity index (χ1v) is 10.5. The van der Waals surface area contributed by atoms with Gasteiger partial charge in [0, 0.05) is 38.3 Å². The predicted octanol–water partition coefficient (Wildman–Crippen LogP) is 4.23. The van der Waals surface area contributed by atoms with Crippen LogP contribution in [0.2, 0.25) is 0 Å². The number of aromatic nitrogens is 2. The monoisotopic (exact) mass is 430 g/mol. The normalized spacial score (nSPS) is 20.5. The van der Waals surface area contributed by atoms with Crippen molar-refractivity contribution in [2.24, 2.45) is 0 Å². The average Bonchev–Trinajstić information content (AvgIpc) is 3.53. The molecule has 4 rings (SSSR count). The zero-order valence-corrected chi connectivity index (χ0v) is 17.7. The third-order valence-electron chi connectivity index (χ3n) is 5.61. The molecule has 1 aliphatic heterocycles. The van der Waals surface area contributed by atoms with Crippen LogP contribution in [0.25, 0.3) is 0 Å². The Bertz CT molecular complexity index is 796. The summed E-state index contributed by atoms with van der Waals surface area (Å²) in [5.74, 6) is 3.56. The number of likely N-dealkylation sites (tertiary alicyclic amines) is 1. The quantitative estimate of drug-likeness (QED) is 0.685. The molecule has 1 unspecified atom stereocenters. The van der Waals surface area contributed by atoms with Crippen LogP contribution in [0.4, 0.5) is 5.82 Å². The van der Waals surface area contributed by atoms with Crippen LogP contribution < -0.4 is 9.64 Å². The Morgan fingerprint density at radius 3 is 2.85 bits per heavy atom. The van der Waals surface area contributed by atoms with Crippen molar-refractivity contribution in [1.82, 2.24) is 14.9 Å². The highest BCUT2D eigenvalue weighted by molar-refractivity contribution is 9.10. The number of hydrogen-bond acceptors (Lipinski definition) is 5. The second-order valence-corrected chi connectivity index (χ2v) is 8.51. The summed E-state index contributed by atoms with van der Waals surface area (Å²) in [6.07, 6.45) is 6.82. The number of nitrogens with zero attached hydrogens (tertiary/aromatic N) is 4. The summed E-state index contributed by atoms with van der Waals surface area (Å²) in [5, 5.41) is 0. The van der Waals surface area contributed by atoms with E-state index >= 15 is 0 Å². The van der Waals surface area contributed by atoms with Gasteiger partial charge in [0.25, 0.3) is 0 Å². The fourth-order valence-corrected chi connectivity index (χ4v) is 4.43. The number of benzene rings is 1. The molecule has 0 amide bonds. The number of rotatable bonds is 6. The fourth-order valence-electron chi connectivity index (χ4n) is 3.84. The van der Waals surface area contributed by atoms with E-state index in [4.69, 9.17) is 9.72 Å². The highest BCUT2D eigenvalue weighted by Gasteiger charge is 2.28. The second-order valence-electron chi connectivity index (χ2n) is 7.66. The van der Waals surface area contributed by atoms with Gasteiger partial charge in [0.2, 0.25) is 0 Å². The standard InChI is InChI=1S/C21H27BrN4O/c1-25(20-9-10-23-21(24-20)16-6-7-16)17-4-3-11-26(14-17)13-15-5-8-19(27-2)18(22)12-15/h5,8-10,12,16-17H,3-4,6-7,11,13-14H2,1-2H3. The maximum Gasteiger partial charge on any atom is 0.133 e. The van der Waals surface area contributed by atoms with Gasteiger partial charge in [0.05, 0.1) is 11.6 Å². The lowest BCUT2D eigenvalue weighted by Crippen LogP contribution is -2.46. The van der Waals surface area contributed by atoms with E-state index in [0.717, 1.165) is 41.5 Å². The molecule has 1 atom stereocenters. The fraction of sp³-hybridized carbons (Fsp3) is 0.524. The predicted molar refractivity (Wildman–Crippen MR) is 111 cm³/mol. The number of ether oxygens (including phenoxy) is 1. The molecule has 1 aromatic heterocycles. The molecule has 2 heterocycles. The van der Waals surface area contributed by atoms with E-state index in [1.807, 2.05) is 18.3 Å². The topological polar surface area (TPSA) is 41.5 Å². The van der Waals surface area contributed by atoms with E-state index in [0.29, 0.717) is 12.0 Å². The van der Waals surface area contributed by atoms with Crippen molar-refractivity contribution >= 4 is 21.7 Å². The van der Waals surface area contributed by atoms with Gasteiger partial charge in [-0.25, -0.2) is 9.97 Å². The summed E-state index contributed by atoms with van der Waals surface area (Å²) < 4.78 is 6.35. The van der Waals surface area contributed by atoms with Gasteiger partial charge >= 0.3 is 0 Å². The van der Waals surface area contributed by atoms with Crippen molar-refractivity contribution in [3.05, 3.63) is 46.3 Å². The number of hydrogen-bond donors (Lipinski definition) is 0. The van der Waals surface area contributed by atoms with Gasteiger partial charge in [-0.2, -0.15) is 0 Å². The molecule has 0 radical (unpaired) electrons. The number of piperidine rings is 1. The molecule has 5 nitrogen and oxygen atoms in total. The van der Waals surface area contributed by atoms with E-state index in [-0.39, 0.29) is 0 Å². The van der Waals surface area contributed by atoms with Crippen molar-refractivity contribution in [3.8, 4) is 5.75 Å². The van der Waals surface area contributed by atoms with Crippen molar-refractivity contribution in [2.45, 2.75) is 44.2 Å². The molecule has 0 spiro atoms. The van der Waals surface area contributed by atoms with E-state index in [1.165, 1.54) is 31.2 Å². The van der Waals surface area contributed by atoms with Crippen LogP contribution in [0.3, 0.4) is 0 Å². The summed E-state index contributed by atoms with van der Waals surface area (Å²) in [6, 6.07) is 8.89. The molecule has 2 aromatic rings. The first kappa shape index (κ1) is 18.7. The molecular weight excluding hydrogens is 404 g/mol. The van der Waals surface area contributed by atoms with E-state index < -0.39 is 0 Å². The summed E-state index contributed by atoms with van der Waals surface area (Å²) in [4.78, 5) is 14.2. The Morgan fingerprint density at radius 2 is 2.11 bits per heavy atom. The van der Waals surface area contributed by atoms with E-state index in [2.05, 4.69) is 49.9 Å². The molecule has 2 aliphatic rings. The smallest absolute Gasteiger partial charge is 0.133 e. The summed E-state index contributed by atoms with van der Waals surface area (Å²) in [5.41, 5.74) is 1.31. The molecular formula is C21H27BrN4O. The third-order valence-corrected chi connectivity index (χ3v) is 6.23. The zero-order chi connectivity index (χ0) is 18.8. The van der Waals surface area contributed by atoms with Crippen LogP contribution in [0, 0.1) is 0 Å². The van der Waals surface area contributed by atoms with Gasteiger partial charge < -0.3 is 9.64 Å². The maximum absolute atomic E-state index is 5.34. The van der Waals surface area contributed by atoms with Crippen LogP contribution in [0.15, 0.2) is 34.9 Å². The summed E-state index contributed by atoms with van der Waals surface area (Å²) in [7, 11) is 3.88. The van der Waals surface area contributed by atoms with Gasteiger partial charge in [-0.1, -0.05) is 6.07 Å². The van der Waals surface area contributed by atoms with Gasteiger partial charge in [-0.15, -0.1) is 0 Å². The van der Waals surface area contributed by atoms with Crippen molar-refractivity contribution in [2.75, 3.05) is 32.1 Å². The van der Waals surface area contributed by atoms with Gasteiger partial charge in [0.15, 0.2) is 0 Å². The van der Waals surface area contributed by atoms with Crippen LogP contribution in [0.1, 0.15) is 43.0 Å². The molecule has 1 saturated heterocycles. The summed E-state index contributed by atoms with van der Waals surface area (Å²) >= 11 is 3.60. The highest BCUT2D eigenvalue weighted by Crippen LogP contribution is 2.38. The Kier molecular flexibility index (Phi) is 5.64. The molecule has 0 N–H and O–H groups in total. The first-order valence-electron chi connectivity index (χ1n) is 9.74. The molecule has 6 heteroatoms. The molecule has 144 valence electrons. The van der Waals surface area contributed by atoms with E-state index in [1.54, 1.807) is 7.11 Å². The lowest BCUT2D eigenvalue weighted by molar-refractivity contribution is 0.198. The van der Waals surface area contributed by atoms with Crippen LogP contribution in [-0.4, -0.2) is 48.2 Å². The zero-order valence-electron chi connectivity index (χ0n) is 16.1. The van der Waals surface area contributed by atoms with Gasteiger partial charge in [-0.3, -0.25) is 4.90 Å². The Labute approximate surface area is 169 Å². The highest BCUT2D eigenvalue weighted by atomic mass is 79.9. The van der Waals surface area contributed by atoms with Crippen molar-refractivity contribution in [3.63, 3.8) is 0 Å². The number of likely N-dealkylation sites (N-methyl/N-ethyl adjacent to an activating group) is 1. The SMILES string of the molecule is COc1ccc(CN2CCCC(N(C)c3ccnc(C4CC4)n3)C2)cc1Br. The largest absolute Gasteiger partial charge is 0.496 e. The molecule has 0 bridgehead atoms. The Balaban J connectivity index is 1.41. The maximum atomic E-state index is 5.34. The van der Waals surface area contributed by atoms with Crippen LogP contribution in [0.5, 0.6) is 5.75 Å². The molecule has 2 fully saturated rings. The molecule has 1 saturated carbocycles. The lowest BCUT2D eigenvalue weighted by atomic mass is 10.0. The molecule has 1 aliphatic carbocycles. The minimum Gasteiger partial charge on any atom is -0.496 e. The summed E-state index contributed by atoms with van der Waals surface area (Å²) in [6.45, 7) is 3.16. The van der Waals surface area contributed by atoms with E-state index in [9.17, 15) is 0 Å². The van der Waals surface area contributed by atoms with Crippen molar-refractivity contribution in [1.29, 1.82) is 0 Å². The lowest BCUT2D eigenvalue weighted by Gasteiger charge is -2.38. The Hall–Kier alpha value is -1.66. The van der Waals surface area contributed by atoms with Crippen LogP contribution in [-0.2, 0) is 6.54 Å².